The molecule has 0 spiro atoms. The second kappa shape index (κ2) is 16.9. The van der Waals surface area contributed by atoms with Crippen LogP contribution in [0.5, 0.6) is 5.75 Å². The zero-order valence-corrected chi connectivity index (χ0v) is 25.9. The summed E-state index contributed by atoms with van der Waals surface area (Å²) in [5.41, 5.74) is 0.544. The molecule has 11 nitrogen and oxygen atoms in total. The van der Waals surface area contributed by atoms with Gasteiger partial charge in [-0.05, 0) is 42.2 Å². The van der Waals surface area contributed by atoms with E-state index in [0.29, 0.717) is 83.7 Å². The monoisotopic (exact) mass is 584 g/mol. The number of amides is 2. The van der Waals surface area contributed by atoms with Gasteiger partial charge >= 0.3 is 6.09 Å². The molecule has 0 unspecified atom stereocenters. The van der Waals surface area contributed by atoms with E-state index in [9.17, 15) is 14.7 Å². The predicted octanol–water partition coefficient (Wildman–Crippen LogP) is 3.69. The molecule has 1 saturated heterocycles. The SMILES string of the molecule is COCCOCCOCCO[C@H]1CCN(C(=O)[C@@H](NC(=O)O)c2ccc(OCCO[Si](C)(C)C(C)(C)C)cc2)C1. The number of likely N-dealkylation sites (tertiary alicyclic amines) is 1. The van der Waals surface area contributed by atoms with Gasteiger partial charge in [0.15, 0.2) is 8.32 Å². The van der Waals surface area contributed by atoms with Crippen molar-refractivity contribution < 1.29 is 42.8 Å². The number of hydrogen-bond acceptors (Lipinski definition) is 8. The number of carbonyl (C=O) groups excluding carboxylic acids is 1. The van der Waals surface area contributed by atoms with Crippen molar-refractivity contribution in [1.82, 2.24) is 10.2 Å². The van der Waals surface area contributed by atoms with Crippen LogP contribution in [0.25, 0.3) is 0 Å². The maximum atomic E-state index is 13.3. The first kappa shape index (κ1) is 34.0. The number of ether oxygens (including phenoxy) is 5. The van der Waals surface area contributed by atoms with Gasteiger partial charge in [-0.15, -0.1) is 0 Å². The van der Waals surface area contributed by atoms with Gasteiger partial charge < -0.3 is 43.4 Å². The average Bonchev–Trinajstić information content (AvgIpc) is 3.37. The number of nitrogens with one attached hydrogen (secondary N) is 1. The van der Waals surface area contributed by atoms with Gasteiger partial charge in [0.25, 0.3) is 0 Å². The molecule has 0 aliphatic carbocycles. The van der Waals surface area contributed by atoms with Crippen LogP contribution in [0.2, 0.25) is 18.1 Å². The molecule has 2 amide bonds. The fraction of sp³-hybridized carbons (Fsp3) is 0.714. The zero-order valence-electron chi connectivity index (χ0n) is 24.9. The highest BCUT2D eigenvalue weighted by Crippen LogP contribution is 2.36. The molecule has 0 saturated carbocycles. The summed E-state index contributed by atoms with van der Waals surface area (Å²) < 4.78 is 33.6. The van der Waals surface area contributed by atoms with Gasteiger partial charge in [0, 0.05) is 20.2 Å². The van der Waals surface area contributed by atoms with Gasteiger partial charge in [0.2, 0.25) is 5.91 Å². The minimum atomic E-state index is -1.84. The second-order valence-electron chi connectivity index (χ2n) is 11.2. The van der Waals surface area contributed by atoms with Crippen molar-refractivity contribution in [3.63, 3.8) is 0 Å². The van der Waals surface area contributed by atoms with Crippen LogP contribution in [-0.2, 0) is 28.2 Å². The zero-order chi connectivity index (χ0) is 29.6. The molecule has 1 aromatic rings. The third kappa shape index (κ3) is 11.7. The Morgan fingerprint density at radius 2 is 1.62 bits per heavy atom. The Hall–Kier alpha value is -2.22. The molecule has 228 valence electrons. The molecule has 0 aromatic heterocycles. The lowest BCUT2D eigenvalue weighted by atomic mass is 10.1. The average molecular weight is 585 g/mol. The summed E-state index contributed by atoms with van der Waals surface area (Å²) >= 11 is 0. The summed E-state index contributed by atoms with van der Waals surface area (Å²) in [6, 6.07) is 5.88. The summed E-state index contributed by atoms with van der Waals surface area (Å²) in [5.74, 6) is 0.317. The lowest BCUT2D eigenvalue weighted by Crippen LogP contribution is -2.42. The molecule has 2 N–H and O–H groups in total. The van der Waals surface area contributed by atoms with Crippen molar-refractivity contribution in [3.05, 3.63) is 29.8 Å². The summed E-state index contributed by atoms with van der Waals surface area (Å²) in [4.78, 5) is 26.4. The van der Waals surface area contributed by atoms with Gasteiger partial charge in [0.05, 0.1) is 52.4 Å². The maximum absolute atomic E-state index is 13.3. The Balaban J connectivity index is 1.80. The molecule has 0 radical (unpaired) electrons. The number of hydrogen-bond donors (Lipinski definition) is 2. The predicted molar refractivity (Wildman–Crippen MR) is 153 cm³/mol. The highest BCUT2D eigenvalue weighted by molar-refractivity contribution is 6.74. The van der Waals surface area contributed by atoms with Crippen molar-refractivity contribution in [2.24, 2.45) is 0 Å². The van der Waals surface area contributed by atoms with E-state index in [2.05, 4.69) is 39.2 Å². The van der Waals surface area contributed by atoms with Crippen LogP contribution in [0.1, 0.15) is 38.8 Å². The topological polar surface area (TPSA) is 125 Å². The third-order valence-corrected chi connectivity index (χ3v) is 11.7. The number of methoxy groups -OCH3 is 1. The Bertz CT molecular complexity index is 893. The van der Waals surface area contributed by atoms with Crippen LogP contribution in [0, 0.1) is 0 Å². The number of benzene rings is 1. The molecule has 1 aliphatic heterocycles. The summed E-state index contributed by atoms with van der Waals surface area (Å²) in [5, 5.41) is 11.9. The number of carbonyl (C=O) groups is 2. The second-order valence-corrected chi connectivity index (χ2v) is 16.0. The normalized spacial score (nSPS) is 16.6. The number of nitrogens with zero attached hydrogens (tertiary/aromatic N) is 1. The Morgan fingerprint density at radius 3 is 2.23 bits per heavy atom. The molecule has 1 aliphatic rings. The first-order valence-electron chi connectivity index (χ1n) is 13.9. The lowest BCUT2D eigenvalue weighted by Gasteiger charge is -2.36. The van der Waals surface area contributed by atoms with E-state index in [-0.39, 0.29) is 17.0 Å². The molecular weight excluding hydrogens is 536 g/mol. The van der Waals surface area contributed by atoms with Crippen LogP contribution in [0.4, 0.5) is 4.79 Å². The summed E-state index contributed by atoms with van der Waals surface area (Å²) in [6.07, 6.45) is -0.716. The highest BCUT2D eigenvalue weighted by atomic mass is 28.4. The van der Waals surface area contributed by atoms with Crippen molar-refractivity contribution in [2.45, 2.75) is 57.5 Å². The highest BCUT2D eigenvalue weighted by Gasteiger charge is 2.37. The third-order valence-electron chi connectivity index (χ3n) is 7.19. The molecule has 40 heavy (non-hydrogen) atoms. The molecule has 1 fully saturated rings. The van der Waals surface area contributed by atoms with Crippen LogP contribution < -0.4 is 10.1 Å². The Morgan fingerprint density at radius 1 is 1.00 bits per heavy atom. The van der Waals surface area contributed by atoms with E-state index in [1.54, 1.807) is 36.3 Å². The van der Waals surface area contributed by atoms with Crippen molar-refractivity contribution in [1.29, 1.82) is 0 Å². The molecular formula is C28H48N2O9Si. The number of carboxylic acid groups (broad SMARTS) is 1. The van der Waals surface area contributed by atoms with Crippen LogP contribution in [0.3, 0.4) is 0 Å². The Kier molecular flexibility index (Phi) is 14.4. The molecule has 2 atom stereocenters. The van der Waals surface area contributed by atoms with E-state index in [1.807, 2.05) is 0 Å². The minimum Gasteiger partial charge on any atom is -0.491 e. The molecule has 1 heterocycles. The van der Waals surface area contributed by atoms with Crippen molar-refractivity contribution >= 4 is 20.3 Å². The van der Waals surface area contributed by atoms with E-state index in [4.69, 9.17) is 28.1 Å². The Labute approximate surface area is 239 Å². The van der Waals surface area contributed by atoms with Crippen LogP contribution in [0.15, 0.2) is 24.3 Å². The smallest absolute Gasteiger partial charge is 0.405 e. The van der Waals surface area contributed by atoms with Crippen LogP contribution >= 0.6 is 0 Å². The molecule has 12 heteroatoms. The van der Waals surface area contributed by atoms with E-state index < -0.39 is 20.5 Å². The maximum Gasteiger partial charge on any atom is 0.405 e. The van der Waals surface area contributed by atoms with E-state index in [0.717, 1.165) is 0 Å². The van der Waals surface area contributed by atoms with Gasteiger partial charge in [-0.2, -0.15) is 0 Å². The standard InChI is InChI=1S/C28H48N2O9Si/c1-28(2,3)40(5,6)39-20-19-37-23-9-7-22(8-10-23)25(29-27(32)33)26(31)30-12-11-24(21-30)38-18-17-36-16-15-35-14-13-34-4/h7-10,24-25,29H,11-21H2,1-6H3,(H,32,33)/t24-,25-/m0/s1. The van der Waals surface area contributed by atoms with Crippen molar-refractivity contribution in [2.75, 3.05) is 73.1 Å². The minimum absolute atomic E-state index is 0.125. The lowest BCUT2D eigenvalue weighted by molar-refractivity contribution is -0.133. The van der Waals surface area contributed by atoms with Gasteiger partial charge in [-0.25, -0.2) is 4.79 Å². The molecule has 2 rings (SSSR count). The molecule has 0 bridgehead atoms. The van der Waals surface area contributed by atoms with E-state index in [1.165, 1.54) is 0 Å². The first-order valence-corrected chi connectivity index (χ1v) is 16.8. The fourth-order valence-corrected chi connectivity index (χ4v) is 4.85. The number of rotatable bonds is 18. The van der Waals surface area contributed by atoms with Crippen LogP contribution in [-0.4, -0.2) is 109 Å². The van der Waals surface area contributed by atoms with Crippen molar-refractivity contribution in [3.8, 4) is 5.75 Å². The molecule has 1 aromatic carbocycles. The fourth-order valence-electron chi connectivity index (χ4n) is 3.83. The summed E-state index contributed by atoms with van der Waals surface area (Å²) in [7, 11) is -0.217. The van der Waals surface area contributed by atoms with Gasteiger partial charge in [0.1, 0.15) is 18.4 Å². The van der Waals surface area contributed by atoms with Gasteiger partial charge in [-0.1, -0.05) is 32.9 Å². The largest absolute Gasteiger partial charge is 0.491 e. The first-order chi connectivity index (χ1) is 18.9. The van der Waals surface area contributed by atoms with Gasteiger partial charge in [-0.3, -0.25) is 4.79 Å². The summed E-state index contributed by atoms with van der Waals surface area (Å²) in [6.45, 7) is 15.6. The quantitative estimate of drug-likeness (QED) is 0.196. The van der Waals surface area contributed by atoms with E-state index >= 15 is 0 Å².